The van der Waals surface area contributed by atoms with Gasteiger partial charge in [-0.25, -0.2) is 14.4 Å². The molecule has 0 fully saturated rings. The molecule has 0 saturated heterocycles. The summed E-state index contributed by atoms with van der Waals surface area (Å²) < 4.78 is 12.9. The zero-order valence-electron chi connectivity index (χ0n) is 13.0. The van der Waals surface area contributed by atoms with Crippen LogP contribution in [0, 0.1) is 5.82 Å². The zero-order chi connectivity index (χ0) is 16.3. The molecule has 6 nitrogen and oxygen atoms in total. The number of benzene rings is 1. The van der Waals surface area contributed by atoms with Gasteiger partial charge >= 0.3 is 0 Å². The maximum atomic E-state index is 12.9. The van der Waals surface area contributed by atoms with Gasteiger partial charge in [-0.05, 0) is 50.8 Å². The Hall–Kier alpha value is -2.41. The van der Waals surface area contributed by atoms with E-state index in [0.717, 1.165) is 5.84 Å². The van der Waals surface area contributed by atoms with Crippen molar-refractivity contribution in [1.29, 1.82) is 0 Å². The highest BCUT2D eigenvalue weighted by atomic mass is 19.1. The number of hydrogen-bond donors (Lipinski definition) is 2. The summed E-state index contributed by atoms with van der Waals surface area (Å²) in [6.07, 6.45) is -0.0836. The number of nitrogens with one attached hydrogen (secondary N) is 1. The molecular weight excluding hydrogens is 283 g/mol. The molecule has 7 heteroatoms. The Labute approximate surface area is 129 Å². The molecule has 1 aromatic rings. The number of nitrogens with two attached hydrogens (primary N) is 1. The van der Waals surface area contributed by atoms with E-state index in [1.807, 2.05) is 25.9 Å². The summed E-state index contributed by atoms with van der Waals surface area (Å²) in [5.74, 6) is 0.759. The standard InChI is InChI=1S/C15H21FN6/c1-10(12-5-7-13(16)8-6-12)18-15(17)22-11(2)19-14(20-22)9-21(3)4/h5-8,11H,1,9H2,2-4H3,(H2,17,18)(H,19,20). The van der Waals surface area contributed by atoms with Gasteiger partial charge in [0.1, 0.15) is 17.8 Å². The van der Waals surface area contributed by atoms with E-state index in [1.165, 1.54) is 12.1 Å². The van der Waals surface area contributed by atoms with E-state index >= 15 is 0 Å². The Kier molecular flexibility index (Phi) is 4.77. The minimum atomic E-state index is -0.302. The van der Waals surface area contributed by atoms with Gasteiger partial charge in [-0.3, -0.25) is 0 Å². The van der Waals surface area contributed by atoms with Gasteiger partial charge in [-0.2, -0.15) is 5.10 Å². The number of nitrogens with zero attached hydrogens (tertiary/aromatic N) is 4. The van der Waals surface area contributed by atoms with Crippen molar-refractivity contribution < 1.29 is 4.39 Å². The molecule has 118 valence electrons. The van der Waals surface area contributed by atoms with Gasteiger partial charge in [0.25, 0.3) is 0 Å². The molecule has 2 rings (SSSR count). The lowest BCUT2D eigenvalue weighted by Gasteiger charge is -2.18. The molecule has 0 aliphatic carbocycles. The van der Waals surface area contributed by atoms with E-state index < -0.39 is 0 Å². The molecule has 0 aromatic heterocycles. The number of likely N-dealkylation sites (N-methyl/N-ethyl adjacent to an activating group) is 1. The molecule has 0 bridgehead atoms. The normalized spacial score (nSPS) is 18.4. The second-order valence-electron chi connectivity index (χ2n) is 5.37. The van der Waals surface area contributed by atoms with Crippen LogP contribution in [0.5, 0.6) is 0 Å². The third-order valence-corrected chi connectivity index (χ3v) is 3.10. The number of halogens is 1. The van der Waals surface area contributed by atoms with Gasteiger partial charge in [0, 0.05) is 0 Å². The number of amidine groups is 1. The lowest BCUT2D eigenvalue weighted by Crippen LogP contribution is -2.43. The van der Waals surface area contributed by atoms with Crippen LogP contribution in [0.3, 0.4) is 0 Å². The second-order valence-corrected chi connectivity index (χ2v) is 5.37. The van der Waals surface area contributed by atoms with Gasteiger partial charge in [0.05, 0.1) is 12.2 Å². The van der Waals surface area contributed by atoms with Crippen LogP contribution >= 0.6 is 0 Å². The predicted octanol–water partition coefficient (Wildman–Crippen LogP) is 1.24. The second kappa shape index (κ2) is 6.57. The first-order valence-electron chi connectivity index (χ1n) is 6.94. The number of rotatable bonds is 4. The van der Waals surface area contributed by atoms with Gasteiger partial charge in [-0.1, -0.05) is 6.58 Å². The van der Waals surface area contributed by atoms with Crippen LogP contribution in [-0.2, 0) is 0 Å². The Balaban J connectivity index is 2.12. The highest BCUT2D eigenvalue weighted by Gasteiger charge is 2.24. The van der Waals surface area contributed by atoms with E-state index in [9.17, 15) is 4.39 Å². The Morgan fingerprint density at radius 1 is 1.45 bits per heavy atom. The Morgan fingerprint density at radius 2 is 2.09 bits per heavy atom. The van der Waals surface area contributed by atoms with Crippen molar-refractivity contribution >= 4 is 17.5 Å². The Bertz CT molecular complexity index is 605. The molecule has 1 unspecified atom stereocenters. The van der Waals surface area contributed by atoms with E-state index in [4.69, 9.17) is 5.73 Å². The smallest absolute Gasteiger partial charge is 0.219 e. The molecule has 1 heterocycles. The fourth-order valence-electron chi connectivity index (χ4n) is 2.07. The maximum absolute atomic E-state index is 12.9. The minimum absolute atomic E-state index is 0.0836. The van der Waals surface area contributed by atoms with Crippen LogP contribution in [-0.4, -0.2) is 48.5 Å². The van der Waals surface area contributed by atoms with Crippen LogP contribution in [0.15, 0.2) is 40.9 Å². The molecule has 1 aliphatic rings. The van der Waals surface area contributed by atoms with Crippen molar-refractivity contribution in [3.63, 3.8) is 0 Å². The first-order chi connectivity index (χ1) is 10.4. The van der Waals surface area contributed by atoms with Crippen LogP contribution in [0.25, 0.3) is 5.70 Å². The zero-order valence-corrected chi connectivity index (χ0v) is 13.0. The average Bonchev–Trinajstić information content (AvgIpc) is 2.79. The lowest BCUT2D eigenvalue weighted by atomic mass is 10.2. The highest BCUT2D eigenvalue weighted by Crippen LogP contribution is 2.15. The summed E-state index contributed by atoms with van der Waals surface area (Å²) in [5.41, 5.74) is 7.18. The first-order valence-corrected chi connectivity index (χ1v) is 6.94. The van der Waals surface area contributed by atoms with Crippen molar-refractivity contribution in [2.45, 2.75) is 13.1 Å². The van der Waals surface area contributed by atoms with Crippen LogP contribution in [0.4, 0.5) is 4.39 Å². The molecule has 1 aromatic carbocycles. The molecule has 1 atom stereocenters. The number of guanidine groups is 1. The summed E-state index contributed by atoms with van der Waals surface area (Å²) in [5, 5.41) is 9.25. The lowest BCUT2D eigenvalue weighted by molar-refractivity contribution is 0.358. The highest BCUT2D eigenvalue weighted by molar-refractivity contribution is 5.91. The monoisotopic (exact) mass is 304 g/mol. The van der Waals surface area contributed by atoms with Crippen molar-refractivity contribution in [2.75, 3.05) is 20.6 Å². The molecule has 1 aliphatic heterocycles. The summed E-state index contributed by atoms with van der Waals surface area (Å²) in [6.45, 7) is 6.49. The SMILES string of the molecule is C=C(/N=C(/N)N1N=C(CN(C)C)NC1C)c1ccc(F)cc1. The predicted molar refractivity (Wildman–Crippen MR) is 87.5 cm³/mol. The third-order valence-electron chi connectivity index (χ3n) is 3.10. The summed E-state index contributed by atoms with van der Waals surface area (Å²) >= 11 is 0. The van der Waals surface area contributed by atoms with Crippen LogP contribution in [0.1, 0.15) is 12.5 Å². The molecule has 0 spiro atoms. The third kappa shape index (κ3) is 3.82. The fourth-order valence-corrected chi connectivity index (χ4v) is 2.07. The van der Waals surface area contributed by atoms with Crippen molar-refractivity contribution in [3.05, 3.63) is 42.2 Å². The molecule has 22 heavy (non-hydrogen) atoms. The number of hydrazone groups is 1. The fraction of sp³-hybridized carbons (Fsp3) is 0.333. The number of hydrogen-bond acceptors (Lipinski definition) is 4. The largest absolute Gasteiger partial charge is 0.368 e. The minimum Gasteiger partial charge on any atom is -0.368 e. The molecule has 0 saturated carbocycles. The quantitative estimate of drug-likeness (QED) is 0.648. The van der Waals surface area contributed by atoms with E-state index in [2.05, 4.69) is 22.0 Å². The molecule has 0 amide bonds. The molecule has 3 N–H and O–H groups in total. The van der Waals surface area contributed by atoms with Crippen molar-refractivity contribution in [2.24, 2.45) is 15.8 Å². The van der Waals surface area contributed by atoms with E-state index in [1.54, 1.807) is 17.1 Å². The topological polar surface area (TPSA) is 69.2 Å². The summed E-state index contributed by atoms with van der Waals surface area (Å²) in [4.78, 5) is 6.27. The van der Waals surface area contributed by atoms with E-state index in [0.29, 0.717) is 17.8 Å². The summed E-state index contributed by atoms with van der Waals surface area (Å²) in [6, 6.07) is 5.95. The van der Waals surface area contributed by atoms with Gasteiger partial charge in [0.2, 0.25) is 5.96 Å². The Morgan fingerprint density at radius 3 is 2.68 bits per heavy atom. The van der Waals surface area contributed by atoms with Crippen LogP contribution in [0.2, 0.25) is 0 Å². The van der Waals surface area contributed by atoms with Crippen molar-refractivity contribution in [1.82, 2.24) is 15.2 Å². The summed E-state index contributed by atoms with van der Waals surface area (Å²) in [7, 11) is 3.93. The van der Waals surface area contributed by atoms with Gasteiger partial charge in [-0.15, -0.1) is 0 Å². The number of aliphatic imine (C=N–C) groups is 1. The van der Waals surface area contributed by atoms with Crippen LogP contribution < -0.4 is 11.1 Å². The van der Waals surface area contributed by atoms with E-state index in [-0.39, 0.29) is 17.9 Å². The average molecular weight is 304 g/mol. The first kappa shape index (κ1) is 16.0. The molecular formula is C15H21FN6. The molecule has 0 radical (unpaired) electrons. The van der Waals surface area contributed by atoms with Gasteiger partial charge < -0.3 is 16.0 Å². The van der Waals surface area contributed by atoms with Crippen molar-refractivity contribution in [3.8, 4) is 0 Å². The maximum Gasteiger partial charge on any atom is 0.219 e. The van der Waals surface area contributed by atoms with Gasteiger partial charge in [0.15, 0.2) is 0 Å².